The summed E-state index contributed by atoms with van der Waals surface area (Å²) in [6.45, 7) is 0. The van der Waals surface area contributed by atoms with Crippen LogP contribution in [-0.4, -0.2) is 37.7 Å². The molecule has 0 spiro atoms. The Kier molecular flexibility index (Phi) is 5.15. The molecule has 99 valence electrons. The van der Waals surface area contributed by atoms with Gasteiger partial charge in [-0.25, -0.2) is 0 Å². The quantitative estimate of drug-likeness (QED) is 0.455. The number of ether oxygens (including phenoxy) is 3. The molecule has 0 fully saturated rings. The van der Waals surface area contributed by atoms with Crippen LogP contribution in [0.1, 0.15) is 5.56 Å². The maximum absolute atomic E-state index is 5.99. The third-order valence-electron chi connectivity index (χ3n) is 2.95. The lowest BCUT2D eigenvalue weighted by molar-refractivity contribution is -0.269. The summed E-state index contributed by atoms with van der Waals surface area (Å²) in [6.07, 6.45) is -0.367. The van der Waals surface area contributed by atoms with Gasteiger partial charge in [0.2, 0.25) is 5.79 Å². The van der Waals surface area contributed by atoms with Crippen LogP contribution in [0.3, 0.4) is 0 Å². The molecule has 5 nitrogen and oxygen atoms in total. The van der Waals surface area contributed by atoms with Gasteiger partial charge in [-0.2, -0.15) is 0 Å². The van der Waals surface area contributed by atoms with E-state index in [4.69, 9.17) is 25.7 Å². The number of nitrogen functional groups attached to an aromatic ring is 2. The van der Waals surface area contributed by atoms with Gasteiger partial charge in [-0.1, -0.05) is 0 Å². The molecule has 0 aliphatic rings. The molecule has 0 saturated heterocycles. The monoisotopic (exact) mass is 267 g/mol. The highest BCUT2D eigenvalue weighted by molar-refractivity contribution is 6.09. The fraction of sp³-hybridized carbons (Fsp3) is 0.500. The number of hydrogen-bond donors (Lipinski definition) is 2. The molecule has 6 heteroatoms. The lowest BCUT2D eigenvalue weighted by Crippen LogP contribution is -2.44. The Morgan fingerprint density at radius 3 is 2.28 bits per heavy atom. The topological polar surface area (TPSA) is 79.7 Å². The Morgan fingerprint density at radius 1 is 1.22 bits per heavy atom. The zero-order chi connectivity index (χ0) is 13.8. The van der Waals surface area contributed by atoms with Gasteiger partial charge < -0.3 is 25.7 Å². The van der Waals surface area contributed by atoms with E-state index in [-0.39, 0.29) is 6.10 Å². The number of hydrogen-bond acceptors (Lipinski definition) is 5. The van der Waals surface area contributed by atoms with Crippen molar-refractivity contribution >= 4 is 21.6 Å². The minimum Gasteiger partial charge on any atom is -0.399 e. The average Bonchev–Trinajstić information content (AvgIpc) is 2.39. The summed E-state index contributed by atoms with van der Waals surface area (Å²) in [5.41, 5.74) is 13.6. The third kappa shape index (κ3) is 2.51. The Morgan fingerprint density at radius 2 is 1.83 bits per heavy atom. The molecule has 0 aromatic heterocycles. The molecule has 0 bridgehead atoms. The maximum atomic E-state index is 5.99. The van der Waals surface area contributed by atoms with E-state index in [2.05, 4.69) is 10.2 Å². The summed E-state index contributed by atoms with van der Waals surface area (Å²) in [4.78, 5) is 0. The van der Waals surface area contributed by atoms with Crippen LogP contribution in [0, 0.1) is 0 Å². The van der Waals surface area contributed by atoms with Crippen LogP contribution >= 0.6 is 0 Å². The Bertz CT molecular complexity index is 393. The van der Waals surface area contributed by atoms with Crippen LogP contribution in [0.15, 0.2) is 18.2 Å². The van der Waals surface area contributed by atoms with E-state index in [1.165, 1.54) is 0 Å². The fourth-order valence-corrected chi connectivity index (χ4v) is 2.42. The molecule has 4 N–H and O–H groups in total. The molecule has 1 aromatic rings. The van der Waals surface area contributed by atoms with E-state index in [0.717, 1.165) is 0 Å². The number of anilines is 2. The first-order chi connectivity index (χ1) is 8.55. The van der Waals surface area contributed by atoms with E-state index in [9.17, 15) is 0 Å². The normalized spacial score (nSPS) is 13.6. The van der Waals surface area contributed by atoms with Crippen molar-refractivity contribution in [3.8, 4) is 0 Å². The van der Waals surface area contributed by atoms with Gasteiger partial charge >= 0.3 is 0 Å². The Labute approximate surface area is 111 Å². The highest BCUT2D eigenvalue weighted by atomic mass is 28.1. The maximum Gasteiger partial charge on any atom is 0.223 e. The van der Waals surface area contributed by atoms with E-state index >= 15 is 0 Å². The zero-order valence-corrected chi connectivity index (χ0v) is 11.9. The Hall–Kier alpha value is -1.08. The van der Waals surface area contributed by atoms with Crippen molar-refractivity contribution in [2.24, 2.45) is 0 Å². The largest absolute Gasteiger partial charge is 0.399 e. The van der Waals surface area contributed by atoms with E-state index < -0.39 is 5.79 Å². The van der Waals surface area contributed by atoms with Crippen LogP contribution in [-0.2, 0) is 20.0 Å². The molecule has 1 atom stereocenters. The Balaban J connectivity index is 3.38. The van der Waals surface area contributed by atoms with Gasteiger partial charge in [-0.05, 0) is 24.2 Å². The van der Waals surface area contributed by atoms with Crippen LogP contribution in [0.25, 0.3) is 0 Å². The molecule has 0 heterocycles. The first-order valence-corrected chi connectivity index (χ1v) is 6.19. The van der Waals surface area contributed by atoms with Gasteiger partial charge in [0.25, 0.3) is 0 Å². The zero-order valence-electron chi connectivity index (χ0n) is 10.9. The summed E-state index contributed by atoms with van der Waals surface area (Å²) >= 11 is 0. The van der Waals surface area contributed by atoms with Gasteiger partial charge in [0.15, 0.2) is 0 Å². The predicted octanol–water partition coefficient (Wildman–Crippen LogP) is 0.898. The standard InChI is InChI=1S/C12H19N2O3Si/c1-15-11(7-18)12(16-2,17-3)9-6-8(13)4-5-10(9)14/h4-6,11H,7,13-14H2,1-3H3. The average molecular weight is 267 g/mol. The van der Waals surface area contributed by atoms with E-state index in [1.807, 2.05) is 0 Å². The van der Waals surface area contributed by atoms with Crippen LogP contribution in [0.4, 0.5) is 11.4 Å². The number of benzene rings is 1. The van der Waals surface area contributed by atoms with Crippen molar-refractivity contribution in [1.29, 1.82) is 0 Å². The molecular formula is C12H19N2O3Si. The fourth-order valence-electron chi connectivity index (χ4n) is 1.99. The minimum absolute atomic E-state index is 0.367. The van der Waals surface area contributed by atoms with E-state index in [1.54, 1.807) is 39.5 Å². The molecule has 1 aromatic carbocycles. The van der Waals surface area contributed by atoms with Crippen LogP contribution in [0.5, 0.6) is 0 Å². The van der Waals surface area contributed by atoms with E-state index in [0.29, 0.717) is 23.0 Å². The summed E-state index contributed by atoms with van der Waals surface area (Å²) in [6, 6.07) is 5.70. The summed E-state index contributed by atoms with van der Waals surface area (Å²) in [5, 5.41) is 0. The van der Waals surface area contributed by atoms with Crippen molar-refractivity contribution in [3.05, 3.63) is 23.8 Å². The van der Waals surface area contributed by atoms with Gasteiger partial charge in [-0.15, -0.1) is 0 Å². The second kappa shape index (κ2) is 6.19. The lowest BCUT2D eigenvalue weighted by Gasteiger charge is -2.38. The minimum atomic E-state index is -1.10. The molecule has 0 saturated carbocycles. The molecule has 18 heavy (non-hydrogen) atoms. The smallest absolute Gasteiger partial charge is 0.223 e. The van der Waals surface area contributed by atoms with Crippen molar-refractivity contribution in [1.82, 2.24) is 0 Å². The highest BCUT2D eigenvalue weighted by Crippen LogP contribution is 2.37. The van der Waals surface area contributed by atoms with Gasteiger partial charge in [0, 0.05) is 48.5 Å². The predicted molar refractivity (Wildman–Crippen MR) is 72.3 cm³/mol. The molecule has 1 rings (SSSR count). The van der Waals surface area contributed by atoms with Crippen molar-refractivity contribution in [3.63, 3.8) is 0 Å². The SMILES string of the molecule is COC(C[Si])C(OC)(OC)c1cc(N)ccc1N. The molecule has 3 radical (unpaired) electrons. The lowest BCUT2D eigenvalue weighted by atomic mass is 9.97. The molecule has 0 aliphatic carbocycles. The van der Waals surface area contributed by atoms with Gasteiger partial charge in [0.05, 0.1) is 0 Å². The van der Waals surface area contributed by atoms with Gasteiger partial charge in [-0.3, -0.25) is 0 Å². The van der Waals surface area contributed by atoms with Crippen LogP contribution < -0.4 is 11.5 Å². The van der Waals surface area contributed by atoms with Crippen LogP contribution in [0.2, 0.25) is 6.04 Å². The first kappa shape index (κ1) is 15.0. The number of methoxy groups -OCH3 is 3. The summed E-state index contributed by atoms with van der Waals surface area (Å²) in [5.74, 6) is -1.10. The second-order valence-corrected chi connectivity index (χ2v) is 4.26. The molecular weight excluding hydrogens is 248 g/mol. The van der Waals surface area contributed by atoms with Crippen molar-refractivity contribution in [2.75, 3.05) is 32.8 Å². The van der Waals surface area contributed by atoms with Gasteiger partial charge in [0.1, 0.15) is 6.10 Å². The molecule has 1 unspecified atom stereocenters. The van der Waals surface area contributed by atoms with Crippen molar-refractivity contribution < 1.29 is 14.2 Å². The third-order valence-corrected chi connectivity index (χ3v) is 3.32. The number of rotatable bonds is 6. The molecule has 0 amide bonds. The second-order valence-electron chi connectivity index (χ2n) is 3.85. The summed E-state index contributed by atoms with van der Waals surface area (Å²) in [7, 11) is 8.09. The highest BCUT2D eigenvalue weighted by Gasteiger charge is 2.42. The van der Waals surface area contributed by atoms with Crippen molar-refractivity contribution in [2.45, 2.75) is 17.9 Å². The summed E-state index contributed by atoms with van der Waals surface area (Å²) < 4.78 is 16.5. The molecule has 0 aliphatic heterocycles. The number of nitrogens with two attached hydrogens (primary N) is 2. The first-order valence-electron chi connectivity index (χ1n) is 5.48.